The Morgan fingerprint density at radius 1 is 1.62 bits per heavy atom. The standard InChI is InChI=1S/C11H21N3O2/c1-5-8(2)13-10(16)14-7-6-12-9(15)11(14,3)4/h8H,5-7H2,1-4H3,(H,12,15)(H,13,16). The molecule has 0 aromatic heterocycles. The minimum Gasteiger partial charge on any atom is -0.352 e. The van der Waals surface area contributed by atoms with Gasteiger partial charge in [-0.05, 0) is 27.2 Å². The second-order valence-corrected chi connectivity index (χ2v) is 4.73. The van der Waals surface area contributed by atoms with E-state index < -0.39 is 5.54 Å². The number of nitrogens with one attached hydrogen (secondary N) is 2. The molecule has 1 atom stereocenters. The molecular weight excluding hydrogens is 206 g/mol. The van der Waals surface area contributed by atoms with Crippen LogP contribution in [0.4, 0.5) is 4.79 Å². The lowest BCUT2D eigenvalue weighted by Gasteiger charge is -2.41. The predicted octanol–water partition coefficient (Wildman–Crippen LogP) is 0.705. The quantitative estimate of drug-likeness (QED) is 0.729. The molecular formula is C11H21N3O2. The summed E-state index contributed by atoms with van der Waals surface area (Å²) < 4.78 is 0. The van der Waals surface area contributed by atoms with Crippen molar-refractivity contribution in [3.63, 3.8) is 0 Å². The van der Waals surface area contributed by atoms with Crippen LogP contribution in [0.25, 0.3) is 0 Å². The van der Waals surface area contributed by atoms with Crippen LogP contribution < -0.4 is 10.6 Å². The molecule has 0 saturated carbocycles. The number of rotatable bonds is 2. The zero-order chi connectivity index (χ0) is 12.3. The van der Waals surface area contributed by atoms with Gasteiger partial charge in [0.1, 0.15) is 5.54 Å². The minimum absolute atomic E-state index is 0.0990. The van der Waals surface area contributed by atoms with Crippen LogP contribution in [0.5, 0.6) is 0 Å². The summed E-state index contributed by atoms with van der Waals surface area (Å²) in [4.78, 5) is 25.2. The van der Waals surface area contributed by atoms with Crippen LogP contribution >= 0.6 is 0 Å². The summed E-state index contributed by atoms with van der Waals surface area (Å²) in [5.74, 6) is -0.0990. The molecule has 1 rings (SSSR count). The van der Waals surface area contributed by atoms with Crippen molar-refractivity contribution in [1.82, 2.24) is 15.5 Å². The first-order valence-electron chi connectivity index (χ1n) is 5.76. The number of urea groups is 1. The highest BCUT2D eigenvalue weighted by Gasteiger charge is 2.40. The molecule has 92 valence electrons. The first-order valence-corrected chi connectivity index (χ1v) is 5.76. The van der Waals surface area contributed by atoms with Crippen LogP contribution in [0.1, 0.15) is 34.1 Å². The third-order valence-corrected chi connectivity index (χ3v) is 3.08. The van der Waals surface area contributed by atoms with E-state index in [9.17, 15) is 9.59 Å². The minimum atomic E-state index is -0.768. The number of piperazine rings is 1. The number of carbonyl (C=O) groups is 2. The van der Waals surface area contributed by atoms with Crippen molar-refractivity contribution in [2.45, 2.75) is 45.7 Å². The van der Waals surface area contributed by atoms with Crippen molar-refractivity contribution in [3.8, 4) is 0 Å². The van der Waals surface area contributed by atoms with E-state index in [2.05, 4.69) is 10.6 Å². The molecule has 0 aliphatic carbocycles. The zero-order valence-electron chi connectivity index (χ0n) is 10.5. The normalized spacial score (nSPS) is 21.2. The second kappa shape index (κ2) is 4.72. The van der Waals surface area contributed by atoms with Crippen molar-refractivity contribution in [1.29, 1.82) is 0 Å². The molecule has 1 fully saturated rings. The van der Waals surface area contributed by atoms with Crippen molar-refractivity contribution in [2.24, 2.45) is 0 Å². The van der Waals surface area contributed by atoms with Crippen molar-refractivity contribution in [2.75, 3.05) is 13.1 Å². The average Bonchev–Trinajstić information content (AvgIpc) is 2.21. The van der Waals surface area contributed by atoms with E-state index in [1.54, 1.807) is 18.7 Å². The largest absolute Gasteiger partial charge is 0.352 e. The van der Waals surface area contributed by atoms with Gasteiger partial charge in [-0.3, -0.25) is 4.79 Å². The fourth-order valence-corrected chi connectivity index (χ4v) is 1.65. The maximum absolute atomic E-state index is 12.0. The number of hydrogen-bond donors (Lipinski definition) is 2. The number of nitrogens with zero attached hydrogens (tertiary/aromatic N) is 1. The van der Waals surface area contributed by atoms with Crippen molar-refractivity contribution < 1.29 is 9.59 Å². The van der Waals surface area contributed by atoms with Gasteiger partial charge in [0.25, 0.3) is 0 Å². The van der Waals surface area contributed by atoms with Crippen LogP contribution in [0.15, 0.2) is 0 Å². The van der Waals surface area contributed by atoms with Crippen molar-refractivity contribution >= 4 is 11.9 Å². The first-order chi connectivity index (χ1) is 7.39. The molecule has 2 N–H and O–H groups in total. The molecule has 0 aromatic rings. The van der Waals surface area contributed by atoms with E-state index in [1.807, 2.05) is 13.8 Å². The van der Waals surface area contributed by atoms with E-state index >= 15 is 0 Å². The molecule has 5 heteroatoms. The summed E-state index contributed by atoms with van der Waals surface area (Å²) in [5.41, 5.74) is -0.768. The Balaban J connectivity index is 2.71. The van der Waals surface area contributed by atoms with Gasteiger partial charge in [0.05, 0.1) is 0 Å². The molecule has 1 aliphatic rings. The fourth-order valence-electron chi connectivity index (χ4n) is 1.65. The molecule has 1 unspecified atom stereocenters. The number of amides is 3. The van der Waals surface area contributed by atoms with Gasteiger partial charge in [-0.15, -0.1) is 0 Å². The lowest BCUT2D eigenvalue weighted by Crippen LogP contribution is -2.65. The lowest BCUT2D eigenvalue weighted by molar-refractivity contribution is -0.132. The number of hydrogen-bond acceptors (Lipinski definition) is 2. The molecule has 0 spiro atoms. The van der Waals surface area contributed by atoms with Gasteiger partial charge in [-0.1, -0.05) is 6.92 Å². The molecule has 1 aliphatic heterocycles. The van der Waals surface area contributed by atoms with Crippen molar-refractivity contribution in [3.05, 3.63) is 0 Å². The third kappa shape index (κ3) is 2.46. The lowest BCUT2D eigenvalue weighted by atomic mass is 9.99. The van der Waals surface area contributed by atoms with Gasteiger partial charge < -0.3 is 15.5 Å². The van der Waals surface area contributed by atoms with Gasteiger partial charge in [-0.25, -0.2) is 4.79 Å². The van der Waals surface area contributed by atoms with E-state index in [4.69, 9.17) is 0 Å². The van der Waals surface area contributed by atoms with Crippen LogP contribution in [0, 0.1) is 0 Å². The van der Waals surface area contributed by atoms with Crippen LogP contribution in [0.2, 0.25) is 0 Å². The van der Waals surface area contributed by atoms with Crippen LogP contribution in [-0.4, -0.2) is 41.5 Å². The molecule has 0 bridgehead atoms. The number of carbonyl (C=O) groups excluding carboxylic acids is 2. The Morgan fingerprint density at radius 3 is 2.81 bits per heavy atom. The maximum Gasteiger partial charge on any atom is 0.318 e. The Hall–Kier alpha value is -1.26. The fraction of sp³-hybridized carbons (Fsp3) is 0.818. The van der Waals surface area contributed by atoms with Gasteiger partial charge in [-0.2, -0.15) is 0 Å². The monoisotopic (exact) mass is 227 g/mol. The smallest absolute Gasteiger partial charge is 0.318 e. The summed E-state index contributed by atoms with van der Waals surface area (Å²) in [5, 5.41) is 5.65. The highest BCUT2D eigenvalue weighted by molar-refractivity contribution is 5.91. The average molecular weight is 227 g/mol. The summed E-state index contributed by atoms with van der Waals surface area (Å²) >= 11 is 0. The Labute approximate surface area is 96.6 Å². The highest BCUT2D eigenvalue weighted by Crippen LogP contribution is 2.17. The molecule has 0 radical (unpaired) electrons. The van der Waals surface area contributed by atoms with Crippen LogP contribution in [0.3, 0.4) is 0 Å². The predicted molar refractivity (Wildman–Crippen MR) is 62.1 cm³/mol. The topological polar surface area (TPSA) is 61.4 Å². The van der Waals surface area contributed by atoms with E-state index in [-0.39, 0.29) is 18.0 Å². The second-order valence-electron chi connectivity index (χ2n) is 4.73. The summed E-state index contributed by atoms with van der Waals surface area (Å²) in [6.45, 7) is 8.57. The zero-order valence-corrected chi connectivity index (χ0v) is 10.5. The van der Waals surface area contributed by atoms with Gasteiger partial charge in [0, 0.05) is 19.1 Å². The highest BCUT2D eigenvalue weighted by atomic mass is 16.2. The van der Waals surface area contributed by atoms with Gasteiger partial charge in [0.2, 0.25) is 5.91 Å². The van der Waals surface area contributed by atoms with E-state index in [0.29, 0.717) is 13.1 Å². The summed E-state index contributed by atoms with van der Waals surface area (Å²) in [7, 11) is 0. The van der Waals surface area contributed by atoms with E-state index in [1.165, 1.54) is 0 Å². The maximum atomic E-state index is 12.0. The Bertz CT molecular complexity index is 289. The summed E-state index contributed by atoms with van der Waals surface area (Å²) in [6.07, 6.45) is 0.881. The summed E-state index contributed by atoms with van der Waals surface area (Å²) in [6, 6.07) is -0.0255. The molecule has 0 aromatic carbocycles. The van der Waals surface area contributed by atoms with Gasteiger partial charge in [0.15, 0.2) is 0 Å². The van der Waals surface area contributed by atoms with E-state index in [0.717, 1.165) is 6.42 Å². The Kier molecular flexibility index (Phi) is 3.78. The molecule has 16 heavy (non-hydrogen) atoms. The van der Waals surface area contributed by atoms with Gasteiger partial charge >= 0.3 is 6.03 Å². The Morgan fingerprint density at radius 2 is 2.25 bits per heavy atom. The molecule has 5 nitrogen and oxygen atoms in total. The first kappa shape index (κ1) is 12.8. The molecule has 1 saturated heterocycles. The SMILES string of the molecule is CCC(C)NC(=O)N1CCNC(=O)C1(C)C. The molecule has 1 heterocycles. The molecule has 3 amide bonds. The third-order valence-electron chi connectivity index (χ3n) is 3.08. The van der Waals surface area contributed by atoms with Crippen LogP contribution in [-0.2, 0) is 4.79 Å².